The van der Waals surface area contributed by atoms with Crippen molar-refractivity contribution in [2.45, 2.75) is 36.7 Å². The van der Waals surface area contributed by atoms with E-state index >= 15 is 0 Å². The van der Waals surface area contributed by atoms with E-state index in [4.69, 9.17) is 5.11 Å². The Morgan fingerprint density at radius 3 is 2.43 bits per heavy atom. The fourth-order valence-electron chi connectivity index (χ4n) is 1.52. The van der Waals surface area contributed by atoms with Crippen LogP contribution in [0.2, 0.25) is 0 Å². The summed E-state index contributed by atoms with van der Waals surface area (Å²) in [6.07, 6.45) is 0. The Morgan fingerprint density at radius 2 is 1.90 bits per heavy atom. The van der Waals surface area contributed by atoms with Gasteiger partial charge in [0.05, 0.1) is 0 Å². The molecule has 2 aromatic rings. The van der Waals surface area contributed by atoms with E-state index in [1.165, 1.54) is 11.8 Å². The summed E-state index contributed by atoms with van der Waals surface area (Å²) in [5, 5.41) is 18.3. The van der Waals surface area contributed by atoms with E-state index in [0.717, 1.165) is 5.82 Å². The second-order valence-electron chi connectivity index (χ2n) is 5.04. The molecule has 0 aromatic carbocycles. The second kappa shape index (κ2) is 6.35. The van der Waals surface area contributed by atoms with Gasteiger partial charge in [0, 0.05) is 27.1 Å². The average Bonchev–Trinajstić information content (AvgIpc) is 2.79. The topological polar surface area (TPSA) is 92.8 Å². The number of aliphatic hydroxyl groups excluding tert-OH is 1. The molecule has 0 radical (unpaired) electrons. The van der Waals surface area contributed by atoms with Crippen LogP contribution in [0.1, 0.15) is 31.4 Å². The van der Waals surface area contributed by atoms with Crippen LogP contribution in [0.15, 0.2) is 10.3 Å². The minimum Gasteiger partial charge on any atom is -0.388 e. The molecule has 8 nitrogen and oxygen atoms in total. The van der Waals surface area contributed by atoms with Gasteiger partial charge < -0.3 is 14.6 Å². The van der Waals surface area contributed by atoms with Gasteiger partial charge in [0.1, 0.15) is 12.4 Å². The van der Waals surface area contributed by atoms with Gasteiger partial charge in [0.15, 0.2) is 11.0 Å². The van der Waals surface area contributed by atoms with Gasteiger partial charge in [-0.05, 0) is 11.8 Å². The smallest absolute Gasteiger partial charge is 0.229 e. The van der Waals surface area contributed by atoms with Crippen LogP contribution < -0.4 is 4.90 Å². The Hall–Kier alpha value is -1.74. The third-order valence-electron chi connectivity index (χ3n) is 2.79. The zero-order valence-electron chi connectivity index (χ0n) is 12.8. The first kappa shape index (κ1) is 15.6. The van der Waals surface area contributed by atoms with Crippen LogP contribution >= 0.6 is 11.8 Å². The van der Waals surface area contributed by atoms with Gasteiger partial charge in [-0.3, -0.25) is 0 Å². The number of hydrogen-bond acceptors (Lipinski definition) is 8. The molecule has 0 saturated carbocycles. The number of nitrogens with zero attached hydrogens (tertiary/aromatic N) is 7. The maximum atomic E-state index is 9.15. The number of rotatable bonds is 5. The highest BCUT2D eigenvalue weighted by molar-refractivity contribution is 7.99. The Labute approximate surface area is 127 Å². The molecular weight excluding hydrogens is 290 g/mol. The van der Waals surface area contributed by atoms with E-state index in [1.807, 2.05) is 32.8 Å². The normalized spacial score (nSPS) is 11.2. The van der Waals surface area contributed by atoms with Crippen molar-refractivity contribution in [3.63, 3.8) is 0 Å². The molecule has 0 atom stereocenters. The third-order valence-corrected chi connectivity index (χ3v) is 3.69. The predicted molar refractivity (Wildman–Crippen MR) is 79.3 cm³/mol. The zero-order valence-corrected chi connectivity index (χ0v) is 13.6. The summed E-state index contributed by atoms with van der Waals surface area (Å²) in [4.78, 5) is 15.1. The molecule has 0 fully saturated rings. The Balaban J connectivity index is 2.36. The van der Waals surface area contributed by atoms with Crippen molar-refractivity contribution in [3.05, 3.63) is 11.6 Å². The summed E-state index contributed by atoms with van der Waals surface area (Å²) in [6.45, 7) is 3.92. The average molecular weight is 309 g/mol. The summed E-state index contributed by atoms with van der Waals surface area (Å²) in [5.74, 6) is 2.06. The first-order chi connectivity index (χ1) is 9.92. The van der Waals surface area contributed by atoms with Gasteiger partial charge in [-0.25, -0.2) is 4.98 Å². The fraction of sp³-hybridized carbons (Fsp3) is 0.583. The SMILES string of the molecule is CC(C)c1nc(Sc2nnc(CO)n2C)nc(N(C)C)n1. The highest BCUT2D eigenvalue weighted by atomic mass is 32.2. The molecule has 0 saturated heterocycles. The quantitative estimate of drug-likeness (QED) is 0.868. The number of aliphatic hydroxyl groups is 1. The molecule has 0 amide bonds. The van der Waals surface area contributed by atoms with Crippen molar-refractivity contribution in [2.24, 2.45) is 7.05 Å². The molecule has 0 unspecified atom stereocenters. The van der Waals surface area contributed by atoms with Crippen LogP contribution in [0.3, 0.4) is 0 Å². The minimum absolute atomic E-state index is 0.151. The third kappa shape index (κ3) is 3.48. The Morgan fingerprint density at radius 1 is 1.19 bits per heavy atom. The van der Waals surface area contributed by atoms with Crippen molar-refractivity contribution in [1.29, 1.82) is 0 Å². The Bertz CT molecular complexity index is 600. The number of anilines is 1. The fourth-order valence-corrected chi connectivity index (χ4v) is 2.27. The van der Waals surface area contributed by atoms with Crippen LogP contribution in [0.25, 0.3) is 0 Å². The summed E-state index contributed by atoms with van der Waals surface area (Å²) in [7, 11) is 5.57. The molecule has 1 N–H and O–H groups in total. The maximum absolute atomic E-state index is 9.15. The minimum atomic E-state index is -0.151. The molecule has 21 heavy (non-hydrogen) atoms. The number of hydrogen-bond donors (Lipinski definition) is 1. The van der Waals surface area contributed by atoms with Crippen LogP contribution in [-0.4, -0.2) is 48.9 Å². The van der Waals surface area contributed by atoms with Gasteiger partial charge in [0.2, 0.25) is 11.1 Å². The van der Waals surface area contributed by atoms with Crippen molar-refractivity contribution < 1.29 is 5.11 Å². The summed E-state index contributed by atoms with van der Waals surface area (Å²) in [6, 6.07) is 0. The van der Waals surface area contributed by atoms with Crippen molar-refractivity contribution in [2.75, 3.05) is 19.0 Å². The van der Waals surface area contributed by atoms with Gasteiger partial charge in [-0.15, -0.1) is 10.2 Å². The van der Waals surface area contributed by atoms with E-state index in [2.05, 4.69) is 25.1 Å². The summed E-state index contributed by atoms with van der Waals surface area (Å²) >= 11 is 1.30. The van der Waals surface area contributed by atoms with Gasteiger partial charge in [0.25, 0.3) is 0 Å². The van der Waals surface area contributed by atoms with E-state index in [9.17, 15) is 0 Å². The van der Waals surface area contributed by atoms with E-state index in [0.29, 0.717) is 22.1 Å². The van der Waals surface area contributed by atoms with E-state index < -0.39 is 0 Å². The van der Waals surface area contributed by atoms with Gasteiger partial charge in [-0.2, -0.15) is 9.97 Å². The molecule has 0 spiro atoms. The van der Waals surface area contributed by atoms with Crippen molar-refractivity contribution in [3.8, 4) is 0 Å². The molecule has 2 heterocycles. The van der Waals surface area contributed by atoms with E-state index in [-0.39, 0.29) is 12.5 Å². The monoisotopic (exact) mass is 309 g/mol. The molecule has 114 valence electrons. The summed E-state index contributed by atoms with van der Waals surface area (Å²) < 4.78 is 1.72. The molecular formula is C12H19N7OS. The molecule has 2 aromatic heterocycles. The van der Waals surface area contributed by atoms with Gasteiger partial charge in [-0.1, -0.05) is 13.8 Å². The van der Waals surface area contributed by atoms with Crippen molar-refractivity contribution >= 4 is 17.7 Å². The summed E-state index contributed by atoms with van der Waals surface area (Å²) in [5.41, 5.74) is 0. The number of aromatic nitrogens is 6. The Kier molecular flexibility index (Phi) is 4.73. The van der Waals surface area contributed by atoms with Crippen LogP contribution in [0.5, 0.6) is 0 Å². The van der Waals surface area contributed by atoms with E-state index in [1.54, 1.807) is 11.6 Å². The molecule has 0 aliphatic carbocycles. The van der Waals surface area contributed by atoms with Crippen LogP contribution in [-0.2, 0) is 13.7 Å². The highest BCUT2D eigenvalue weighted by Gasteiger charge is 2.15. The lowest BCUT2D eigenvalue weighted by Crippen LogP contribution is -2.16. The predicted octanol–water partition coefficient (Wildman–Crippen LogP) is 0.833. The molecule has 0 aliphatic rings. The molecule has 0 aliphatic heterocycles. The highest BCUT2D eigenvalue weighted by Crippen LogP contribution is 2.25. The van der Waals surface area contributed by atoms with Crippen LogP contribution in [0.4, 0.5) is 5.95 Å². The first-order valence-electron chi connectivity index (χ1n) is 6.52. The van der Waals surface area contributed by atoms with Crippen LogP contribution in [0, 0.1) is 0 Å². The first-order valence-corrected chi connectivity index (χ1v) is 7.34. The molecule has 0 bridgehead atoms. The lowest BCUT2D eigenvalue weighted by molar-refractivity contribution is 0.266. The second-order valence-corrected chi connectivity index (χ2v) is 5.98. The lowest BCUT2D eigenvalue weighted by atomic mass is 10.2. The lowest BCUT2D eigenvalue weighted by Gasteiger charge is -2.13. The standard InChI is InChI=1S/C12H19N7OS/c1-7(2)9-13-10(18(3)4)15-11(14-9)21-12-17-16-8(6-20)19(12)5/h7,20H,6H2,1-5H3. The molecule has 9 heteroatoms. The molecule has 2 rings (SSSR count). The van der Waals surface area contributed by atoms with Gasteiger partial charge >= 0.3 is 0 Å². The van der Waals surface area contributed by atoms with Crippen molar-refractivity contribution in [1.82, 2.24) is 29.7 Å². The largest absolute Gasteiger partial charge is 0.388 e. The maximum Gasteiger partial charge on any atom is 0.229 e. The zero-order chi connectivity index (χ0) is 15.6.